The fraction of sp³-hybridized carbons (Fsp3) is 0.419. The maximum atomic E-state index is 13.8. The summed E-state index contributed by atoms with van der Waals surface area (Å²) in [5.41, 5.74) is -1.53. The molecule has 7 nitrogen and oxygen atoms in total. The summed E-state index contributed by atoms with van der Waals surface area (Å²) in [4.78, 5) is 27.7. The molecule has 4 atom stereocenters. The van der Waals surface area contributed by atoms with Crippen LogP contribution in [-0.4, -0.2) is 46.9 Å². The monoisotopic (exact) mass is 637 g/mol. The van der Waals surface area contributed by atoms with Gasteiger partial charge in [-0.1, -0.05) is 30.7 Å². The first-order valence-electron chi connectivity index (χ1n) is 14.4. The number of phenols is 1. The largest absolute Gasteiger partial charge is 0.508 e. The highest BCUT2D eigenvalue weighted by Gasteiger charge is 2.58. The van der Waals surface area contributed by atoms with Crippen molar-refractivity contribution in [3.05, 3.63) is 75.9 Å². The van der Waals surface area contributed by atoms with Crippen molar-refractivity contribution in [2.45, 2.75) is 57.4 Å². The zero-order chi connectivity index (χ0) is 32.8. The normalized spacial score (nSPS) is 24.3. The van der Waals surface area contributed by atoms with Crippen molar-refractivity contribution in [2.75, 3.05) is 11.5 Å². The second-order valence-electron chi connectivity index (χ2n) is 11.5. The lowest BCUT2D eigenvalue weighted by Gasteiger charge is -2.43. The average molecular weight is 637 g/mol. The molecule has 2 heterocycles. The molecule has 3 aliphatic rings. The van der Waals surface area contributed by atoms with E-state index < -0.39 is 78.6 Å². The number of amides is 2. The minimum atomic E-state index is -5.18. The average Bonchev–Trinajstić information content (AvgIpc) is 3.22. The lowest BCUT2D eigenvalue weighted by Crippen LogP contribution is -2.46. The zero-order valence-electron chi connectivity index (χ0n) is 24.0. The van der Waals surface area contributed by atoms with Crippen LogP contribution in [0.25, 0.3) is 6.08 Å². The maximum Gasteiger partial charge on any atom is 0.455 e. The number of fused-ring (bicyclic) bond motifs is 3. The lowest BCUT2D eigenvalue weighted by molar-refractivity contribution is -0.143. The summed E-state index contributed by atoms with van der Waals surface area (Å²) in [7, 11) is -1.37. The van der Waals surface area contributed by atoms with Gasteiger partial charge in [0.2, 0.25) is 11.8 Å². The maximum absolute atomic E-state index is 13.8. The third kappa shape index (κ3) is 6.54. The van der Waals surface area contributed by atoms with E-state index in [2.05, 4.69) is 0 Å². The first kappa shape index (κ1) is 32.8. The number of rotatable bonds is 7. The molecule has 0 spiro atoms. The summed E-state index contributed by atoms with van der Waals surface area (Å²) >= 11 is 0. The molecule has 1 aliphatic carbocycles. The predicted octanol–water partition coefficient (Wildman–Crippen LogP) is 6.00. The highest BCUT2D eigenvalue weighted by Crippen LogP contribution is 2.52. The summed E-state index contributed by atoms with van der Waals surface area (Å²) in [5, 5.41) is 30.7. The number of aliphatic hydroxyl groups excluding tert-OH is 1. The first-order chi connectivity index (χ1) is 21.1. The van der Waals surface area contributed by atoms with Crippen LogP contribution in [0.3, 0.4) is 0 Å². The second kappa shape index (κ2) is 12.3. The van der Waals surface area contributed by atoms with Gasteiger partial charge in [0.25, 0.3) is 0 Å². The molecular formula is C31H30BF6NO6. The lowest BCUT2D eigenvalue weighted by atomic mass is 9.58. The van der Waals surface area contributed by atoms with Crippen LogP contribution in [-0.2, 0) is 26.6 Å². The minimum Gasteiger partial charge on any atom is -0.508 e. The van der Waals surface area contributed by atoms with Gasteiger partial charge in [0.15, 0.2) is 0 Å². The molecule has 2 aromatic carbocycles. The number of aromatic hydroxyl groups is 1. The van der Waals surface area contributed by atoms with Crippen LogP contribution in [0.4, 0.5) is 32.0 Å². The molecule has 2 saturated heterocycles. The van der Waals surface area contributed by atoms with Crippen LogP contribution in [0.5, 0.6) is 5.75 Å². The van der Waals surface area contributed by atoms with Crippen LogP contribution in [0.15, 0.2) is 59.2 Å². The van der Waals surface area contributed by atoms with Gasteiger partial charge in [-0.05, 0) is 85.0 Å². The number of carbonyl (C=O) groups is 2. The number of imide groups is 1. The minimum absolute atomic E-state index is 0.0793. The number of carbonyl (C=O) groups excluding carboxylic acids is 2. The van der Waals surface area contributed by atoms with Gasteiger partial charge in [0, 0.05) is 0 Å². The number of hydrogen-bond donors (Lipinski definition) is 3. The van der Waals surface area contributed by atoms with Crippen molar-refractivity contribution in [1.82, 2.24) is 0 Å². The number of aliphatic hydroxyl groups is 1. The fourth-order valence-corrected chi connectivity index (χ4v) is 6.75. The fourth-order valence-electron chi connectivity index (χ4n) is 6.75. The Bertz CT molecular complexity index is 1520. The molecule has 5 rings (SSSR count). The third-order valence-corrected chi connectivity index (χ3v) is 8.75. The number of anilines is 1. The molecule has 2 aliphatic heterocycles. The van der Waals surface area contributed by atoms with Gasteiger partial charge >= 0.3 is 19.5 Å². The number of halogens is 6. The number of nitrogens with zero attached hydrogens (tertiary/aromatic N) is 1. The van der Waals surface area contributed by atoms with Crippen molar-refractivity contribution in [1.29, 1.82) is 0 Å². The van der Waals surface area contributed by atoms with Gasteiger partial charge in [0.1, 0.15) is 5.75 Å². The number of phenolic OH excluding ortho intramolecular Hbond substituents is 1. The van der Waals surface area contributed by atoms with Crippen LogP contribution in [0.2, 0.25) is 6.32 Å². The predicted molar refractivity (Wildman–Crippen MR) is 151 cm³/mol. The van der Waals surface area contributed by atoms with Crippen molar-refractivity contribution in [3.63, 3.8) is 0 Å². The number of allylic oxidation sites excluding steroid dienone is 1. The summed E-state index contributed by atoms with van der Waals surface area (Å²) in [6.07, 6.45) is -8.11. The van der Waals surface area contributed by atoms with Crippen LogP contribution < -0.4 is 4.90 Å². The molecule has 0 radical (unpaired) electrons. The van der Waals surface area contributed by atoms with Crippen LogP contribution in [0, 0.1) is 17.8 Å². The summed E-state index contributed by atoms with van der Waals surface area (Å²) in [6.45, 7) is 1.42. The Hall–Kier alpha value is -3.62. The smallest absolute Gasteiger partial charge is 0.455 e. The van der Waals surface area contributed by atoms with Crippen molar-refractivity contribution in [3.8, 4) is 5.75 Å². The van der Waals surface area contributed by atoms with Crippen molar-refractivity contribution >= 4 is 30.7 Å². The number of benzene rings is 2. The van der Waals surface area contributed by atoms with Crippen molar-refractivity contribution in [2.24, 2.45) is 17.8 Å². The van der Waals surface area contributed by atoms with E-state index >= 15 is 0 Å². The van der Waals surface area contributed by atoms with Gasteiger partial charge in [-0.2, -0.15) is 26.3 Å². The Kier molecular flexibility index (Phi) is 8.95. The standard InChI is InChI=1S/C31H30BF6NO6/c1-2-16(8-17-4-3-5-22(41)9-17)6-7-25-26-18(15-40)10-23-27(24(26)14-32(44)45-25)29(43)39(28(23)42)21-12-19(30(33,34)35)11-20(13-21)31(36,37)38/h3-5,8-9,11-13,23-25,27,40-41,44H,2,6-7,10,14-15H2,1H3/b16-8+/t23-,24+,25-,27-/m1/s1. The van der Waals surface area contributed by atoms with E-state index in [1.165, 1.54) is 6.07 Å². The number of alkyl halides is 6. The molecule has 2 aromatic rings. The zero-order valence-corrected chi connectivity index (χ0v) is 24.0. The van der Waals surface area contributed by atoms with Gasteiger partial charge in [0.05, 0.1) is 41.4 Å². The Morgan fingerprint density at radius 3 is 2.27 bits per heavy atom. The molecule has 45 heavy (non-hydrogen) atoms. The van der Waals surface area contributed by atoms with E-state index in [1.54, 1.807) is 12.1 Å². The Labute approximate surface area is 254 Å². The molecular weight excluding hydrogens is 607 g/mol. The van der Waals surface area contributed by atoms with Crippen LogP contribution in [0.1, 0.15) is 49.3 Å². The van der Waals surface area contributed by atoms with E-state index in [0.29, 0.717) is 47.4 Å². The Morgan fingerprint density at radius 1 is 1.02 bits per heavy atom. The molecule has 3 N–H and O–H groups in total. The summed E-state index contributed by atoms with van der Waals surface area (Å²) < 4.78 is 87.2. The van der Waals surface area contributed by atoms with Gasteiger partial charge in [-0.15, -0.1) is 0 Å². The van der Waals surface area contributed by atoms with E-state index in [9.17, 15) is 51.2 Å². The topological polar surface area (TPSA) is 107 Å². The molecule has 0 saturated carbocycles. The highest BCUT2D eigenvalue weighted by atomic mass is 19.4. The third-order valence-electron chi connectivity index (χ3n) is 8.75. The summed E-state index contributed by atoms with van der Waals surface area (Å²) in [6, 6.07) is 7.25. The van der Waals surface area contributed by atoms with Gasteiger partial charge < -0.3 is 19.9 Å². The second-order valence-corrected chi connectivity index (χ2v) is 11.5. The molecule has 240 valence electrons. The van der Waals surface area contributed by atoms with E-state index in [-0.39, 0.29) is 24.6 Å². The molecule has 2 fully saturated rings. The summed E-state index contributed by atoms with van der Waals surface area (Å²) in [5.74, 6) is -5.01. The number of hydrogen-bond acceptors (Lipinski definition) is 6. The Morgan fingerprint density at radius 2 is 1.69 bits per heavy atom. The molecule has 14 heteroatoms. The van der Waals surface area contributed by atoms with Crippen molar-refractivity contribution < 1.29 is 55.8 Å². The van der Waals surface area contributed by atoms with Crippen LogP contribution >= 0.6 is 0 Å². The molecule has 2 amide bonds. The molecule has 0 bridgehead atoms. The SMILES string of the molecule is CC/C(=C\c1cccc(O)c1)CC[C@H]1OB(O)C[C@H]2C1=C(CO)C[C@H]1C(=O)N(c3cc(C(F)(F)F)cc(C(F)(F)F)c3)C(=O)[C@H]12. The van der Waals surface area contributed by atoms with E-state index in [1.807, 2.05) is 19.1 Å². The van der Waals surface area contributed by atoms with E-state index in [0.717, 1.165) is 11.1 Å². The molecule has 0 unspecified atom stereocenters. The molecule has 0 aromatic heterocycles. The first-order valence-corrected chi connectivity index (χ1v) is 14.4. The van der Waals surface area contributed by atoms with E-state index in [4.69, 9.17) is 4.65 Å². The highest BCUT2D eigenvalue weighted by molar-refractivity contribution is 6.43. The Balaban J connectivity index is 1.47. The van der Waals surface area contributed by atoms with Gasteiger partial charge in [-0.25, -0.2) is 4.90 Å². The van der Waals surface area contributed by atoms with Gasteiger partial charge in [-0.3, -0.25) is 9.59 Å². The quantitative estimate of drug-likeness (QED) is 0.149.